The van der Waals surface area contributed by atoms with Gasteiger partial charge in [0.05, 0.1) is 0 Å². The largest absolute Gasteiger partial charge is 0.375 e. The molecule has 2 aliphatic heterocycles. The van der Waals surface area contributed by atoms with Crippen LogP contribution in [0.2, 0.25) is 0 Å². The molecule has 0 atom stereocenters. The minimum Gasteiger partial charge on any atom is -0.375 e. The molecule has 22 heavy (non-hydrogen) atoms. The van der Waals surface area contributed by atoms with Crippen molar-refractivity contribution in [2.24, 2.45) is 0 Å². The van der Waals surface area contributed by atoms with E-state index < -0.39 is 0 Å². The second kappa shape index (κ2) is 5.96. The van der Waals surface area contributed by atoms with Crippen molar-refractivity contribution in [3.8, 4) is 0 Å². The molecule has 0 unspecified atom stereocenters. The zero-order chi connectivity index (χ0) is 15.7. The van der Waals surface area contributed by atoms with Crippen LogP contribution >= 0.6 is 0 Å². The predicted octanol–water partition coefficient (Wildman–Crippen LogP) is 0.567. The number of fused-ring (bicyclic) bond motifs is 1. The van der Waals surface area contributed by atoms with Gasteiger partial charge in [-0.3, -0.25) is 9.59 Å². The van der Waals surface area contributed by atoms with Crippen molar-refractivity contribution in [2.45, 2.75) is 6.54 Å². The summed E-state index contributed by atoms with van der Waals surface area (Å²) in [6.07, 6.45) is 0. The van der Waals surface area contributed by atoms with Gasteiger partial charge in [0.1, 0.15) is 6.61 Å². The topological polar surface area (TPSA) is 53.1 Å². The molecule has 1 aromatic carbocycles. The van der Waals surface area contributed by atoms with Crippen molar-refractivity contribution in [3.63, 3.8) is 0 Å². The number of hydrogen-bond acceptors (Lipinski definition) is 4. The molecule has 0 bridgehead atoms. The summed E-state index contributed by atoms with van der Waals surface area (Å²) in [6, 6.07) is 6.08. The molecular weight excluding hydrogens is 282 g/mol. The number of carbonyl (C=O) groups excluding carboxylic acids is 2. The van der Waals surface area contributed by atoms with Gasteiger partial charge in [0.15, 0.2) is 0 Å². The van der Waals surface area contributed by atoms with Crippen LogP contribution in [0.25, 0.3) is 0 Å². The molecule has 0 saturated carbocycles. The van der Waals surface area contributed by atoms with E-state index in [1.807, 2.05) is 24.1 Å². The quantitative estimate of drug-likeness (QED) is 0.819. The summed E-state index contributed by atoms with van der Waals surface area (Å²) in [4.78, 5) is 29.7. The standard InChI is InChI=1S/C16H21N3O3/c1-17-10-12-3-4-13(9-14(12)16(17)21)18-5-7-19(8-6-18)15(20)11-22-2/h3-4,9H,5-8,10-11H2,1-2H3. The summed E-state index contributed by atoms with van der Waals surface area (Å²) in [7, 11) is 3.36. The first-order chi connectivity index (χ1) is 10.6. The van der Waals surface area contributed by atoms with E-state index in [2.05, 4.69) is 11.0 Å². The van der Waals surface area contributed by atoms with Gasteiger partial charge in [-0.05, 0) is 17.7 Å². The monoisotopic (exact) mass is 303 g/mol. The lowest BCUT2D eigenvalue weighted by Crippen LogP contribution is -2.49. The number of ether oxygens (including phenoxy) is 1. The lowest BCUT2D eigenvalue weighted by molar-refractivity contribution is -0.135. The van der Waals surface area contributed by atoms with Crippen LogP contribution in [0.15, 0.2) is 18.2 Å². The maximum absolute atomic E-state index is 12.1. The Bertz CT molecular complexity index is 594. The van der Waals surface area contributed by atoms with Crippen molar-refractivity contribution in [1.29, 1.82) is 0 Å². The zero-order valence-corrected chi connectivity index (χ0v) is 13.0. The van der Waals surface area contributed by atoms with E-state index in [-0.39, 0.29) is 18.4 Å². The lowest BCUT2D eigenvalue weighted by atomic mass is 10.1. The van der Waals surface area contributed by atoms with Crippen LogP contribution in [0.4, 0.5) is 5.69 Å². The van der Waals surface area contributed by atoms with Gasteiger partial charge < -0.3 is 19.4 Å². The Morgan fingerprint density at radius 1 is 1.23 bits per heavy atom. The summed E-state index contributed by atoms with van der Waals surface area (Å²) < 4.78 is 4.89. The number of piperazine rings is 1. The van der Waals surface area contributed by atoms with Crippen LogP contribution in [-0.2, 0) is 16.1 Å². The summed E-state index contributed by atoms with van der Waals surface area (Å²) in [5, 5.41) is 0. The van der Waals surface area contributed by atoms with Crippen LogP contribution in [0.1, 0.15) is 15.9 Å². The highest BCUT2D eigenvalue weighted by atomic mass is 16.5. The van der Waals surface area contributed by atoms with Crippen molar-refractivity contribution < 1.29 is 14.3 Å². The van der Waals surface area contributed by atoms with Crippen molar-refractivity contribution >= 4 is 17.5 Å². The van der Waals surface area contributed by atoms with Gasteiger partial charge in [-0.15, -0.1) is 0 Å². The van der Waals surface area contributed by atoms with Gasteiger partial charge in [-0.1, -0.05) is 6.07 Å². The highest BCUT2D eigenvalue weighted by Gasteiger charge is 2.26. The third-order valence-electron chi connectivity index (χ3n) is 4.34. The molecule has 6 nitrogen and oxygen atoms in total. The Kier molecular flexibility index (Phi) is 4.02. The third kappa shape index (κ3) is 2.66. The van der Waals surface area contributed by atoms with Crippen molar-refractivity contribution in [3.05, 3.63) is 29.3 Å². The first kappa shape index (κ1) is 14.8. The number of hydrogen-bond donors (Lipinski definition) is 0. The molecule has 3 rings (SSSR count). The number of amides is 2. The average molecular weight is 303 g/mol. The van der Waals surface area contributed by atoms with Crippen LogP contribution in [0.5, 0.6) is 0 Å². The molecule has 2 aliphatic rings. The fourth-order valence-electron chi connectivity index (χ4n) is 3.06. The fourth-order valence-corrected chi connectivity index (χ4v) is 3.06. The van der Waals surface area contributed by atoms with E-state index in [0.29, 0.717) is 19.6 Å². The predicted molar refractivity (Wildman–Crippen MR) is 82.9 cm³/mol. The fraction of sp³-hybridized carbons (Fsp3) is 0.500. The van der Waals surface area contributed by atoms with E-state index in [1.165, 1.54) is 7.11 Å². The van der Waals surface area contributed by atoms with Gasteiger partial charge in [0, 0.05) is 58.1 Å². The molecule has 0 N–H and O–H groups in total. The highest BCUT2D eigenvalue weighted by molar-refractivity contribution is 5.99. The highest BCUT2D eigenvalue weighted by Crippen LogP contribution is 2.27. The molecule has 6 heteroatoms. The molecule has 0 radical (unpaired) electrons. The minimum absolute atomic E-state index is 0.0351. The first-order valence-corrected chi connectivity index (χ1v) is 7.50. The maximum atomic E-state index is 12.1. The van der Waals surface area contributed by atoms with Gasteiger partial charge in [0.25, 0.3) is 5.91 Å². The molecule has 1 aromatic rings. The summed E-state index contributed by atoms with van der Waals surface area (Å²) in [5.41, 5.74) is 2.95. The Balaban J connectivity index is 1.68. The van der Waals surface area contributed by atoms with E-state index >= 15 is 0 Å². The van der Waals surface area contributed by atoms with Gasteiger partial charge in [-0.2, -0.15) is 0 Å². The summed E-state index contributed by atoms with van der Waals surface area (Å²) in [5.74, 6) is 0.124. The maximum Gasteiger partial charge on any atom is 0.254 e. The van der Waals surface area contributed by atoms with Crippen LogP contribution < -0.4 is 4.90 Å². The van der Waals surface area contributed by atoms with Gasteiger partial charge in [-0.25, -0.2) is 0 Å². The summed E-state index contributed by atoms with van der Waals surface area (Å²) >= 11 is 0. The normalized spacial score (nSPS) is 17.9. The van der Waals surface area contributed by atoms with E-state index in [4.69, 9.17) is 4.74 Å². The molecule has 1 fully saturated rings. The number of methoxy groups -OCH3 is 1. The number of anilines is 1. The van der Waals surface area contributed by atoms with Crippen LogP contribution in [0, 0.1) is 0 Å². The first-order valence-electron chi connectivity index (χ1n) is 7.50. The second-order valence-corrected chi connectivity index (χ2v) is 5.80. The SMILES string of the molecule is COCC(=O)N1CCN(c2ccc3c(c2)C(=O)N(C)C3)CC1. The molecular formula is C16H21N3O3. The average Bonchev–Trinajstić information content (AvgIpc) is 2.82. The minimum atomic E-state index is 0.0351. The van der Waals surface area contributed by atoms with Gasteiger partial charge >= 0.3 is 0 Å². The van der Waals surface area contributed by atoms with Crippen LogP contribution in [-0.4, -0.2) is 68.6 Å². The number of carbonyl (C=O) groups is 2. The molecule has 0 aromatic heterocycles. The Morgan fingerprint density at radius 2 is 1.95 bits per heavy atom. The molecule has 0 aliphatic carbocycles. The number of rotatable bonds is 3. The zero-order valence-electron chi connectivity index (χ0n) is 13.0. The van der Waals surface area contributed by atoms with E-state index in [9.17, 15) is 9.59 Å². The van der Waals surface area contributed by atoms with Crippen LogP contribution in [0.3, 0.4) is 0 Å². The Hall–Kier alpha value is -2.08. The smallest absolute Gasteiger partial charge is 0.254 e. The van der Waals surface area contributed by atoms with Crippen molar-refractivity contribution in [2.75, 3.05) is 51.8 Å². The Morgan fingerprint density at radius 3 is 2.64 bits per heavy atom. The van der Waals surface area contributed by atoms with E-state index in [1.54, 1.807) is 4.90 Å². The molecule has 118 valence electrons. The third-order valence-corrected chi connectivity index (χ3v) is 4.34. The second-order valence-electron chi connectivity index (χ2n) is 5.80. The Labute approximate surface area is 130 Å². The van der Waals surface area contributed by atoms with Gasteiger partial charge in [0.2, 0.25) is 5.91 Å². The molecule has 0 spiro atoms. The molecule has 2 heterocycles. The van der Waals surface area contributed by atoms with E-state index in [0.717, 1.165) is 29.9 Å². The lowest BCUT2D eigenvalue weighted by Gasteiger charge is -2.36. The summed E-state index contributed by atoms with van der Waals surface area (Å²) in [6.45, 7) is 3.75. The number of benzene rings is 1. The number of nitrogens with zero attached hydrogens (tertiary/aromatic N) is 3. The molecule has 1 saturated heterocycles. The molecule has 2 amide bonds. The van der Waals surface area contributed by atoms with Crippen molar-refractivity contribution in [1.82, 2.24) is 9.80 Å².